The highest BCUT2D eigenvalue weighted by Gasteiger charge is 2.28. The number of nitrogens with one attached hydrogen (secondary N) is 1. The summed E-state index contributed by atoms with van der Waals surface area (Å²) in [5, 5.41) is 0.756. The van der Waals surface area contributed by atoms with Crippen LogP contribution in [0.1, 0.15) is 33.6 Å². The molecule has 2 amide bonds. The van der Waals surface area contributed by atoms with Gasteiger partial charge in [-0.3, -0.25) is 14.4 Å². The van der Waals surface area contributed by atoms with Crippen molar-refractivity contribution in [3.8, 4) is 0 Å². The molecule has 1 aromatic heterocycles. The molecule has 0 spiro atoms. The van der Waals surface area contributed by atoms with Crippen LogP contribution in [0, 0.1) is 0 Å². The Balaban J connectivity index is 1.99. The largest absolute Gasteiger partial charge is 0.353 e. The van der Waals surface area contributed by atoms with Gasteiger partial charge in [0.1, 0.15) is 11.0 Å². The topological polar surface area (TPSA) is 87.7 Å². The standard InChI is InChI=1S/C17H26ClN5O3S/c1-4-6-16(25)23-8-7-22(10-12(23)3)14-9-13(18)19-17(20-14)27-11-15(24)21-26-5-2/h9,12H,4-8,10-11H2,1-3H3,(H,21,24)/t12-/m0/s1. The summed E-state index contributed by atoms with van der Waals surface area (Å²) < 4.78 is 0. The predicted octanol–water partition coefficient (Wildman–Crippen LogP) is 2.13. The molecule has 0 unspecified atom stereocenters. The van der Waals surface area contributed by atoms with Crippen LogP contribution in [-0.2, 0) is 14.4 Å². The molecule has 2 rings (SSSR count). The number of nitrogens with zero attached hydrogens (tertiary/aromatic N) is 4. The summed E-state index contributed by atoms with van der Waals surface area (Å²) in [7, 11) is 0. The highest BCUT2D eigenvalue weighted by molar-refractivity contribution is 7.99. The zero-order valence-corrected chi connectivity index (χ0v) is 17.5. The third-order valence-electron chi connectivity index (χ3n) is 4.06. The Morgan fingerprint density at radius 2 is 2.15 bits per heavy atom. The van der Waals surface area contributed by atoms with Crippen LogP contribution in [0.5, 0.6) is 0 Å². The van der Waals surface area contributed by atoms with Crippen molar-refractivity contribution >= 4 is 41.0 Å². The van der Waals surface area contributed by atoms with Gasteiger partial charge in [0.05, 0.1) is 12.4 Å². The number of piperazine rings is 1. The third kappa shape index (κ3) is 6.51. The average Bonchev–Trinajstić information content (AvgIpc) is 2.64. The summed E-state index contributed by atoms with van der Waals surface area (Å²) in [4.78, 5) is 41.4. The first-order valence-corrected chi connectivity index (χ1v) is 10.4. The van der Waals surface area contributed by atoms with E-state index in [2.05, 4.69) is 20.3 Å². The van der Waals surface area contributed by atoms with Crippen molar-refractivity contribution < 1.29 is 14.4 Å². The van der Waals surface area contributed by atoms with Crippen LogP contribution in [0.15, 0.2) is 11.2 Å². The molecule has 1 aliphatic heterocycles. The summed E-state index contributed by atoms with van der Waals surface area (Å²) in [5.41, 5.74) is 2.33. The molecule has 0 aliphatic carbocycles. The molecule has 2 heterocycles. The molecule has 0 bridgehead atoms. The van der Waals surface area contributed by atoms with Crippen LogP contribution in [0.3, 0.4) is 0 Å². The molecule has 0 aromatic carbocycles. The van der Waals surface area contributed by atoms with E-state index >= 15 is 0 Å². The van der Waals surface area contributed by atoms with E-state index < -0.39 is 0 Å². The maximum atomic E-state index is 12.2. The van der Waals surface area contributed by atoms with Crippen molar-refractivity contribution in [3.05, 3.63) is 11.2 Å². The lowest BCUT2D eigenvalue weighted by Crippen LogP contribution is -2.54. The van der Waals surface area contributed by atoms with Gasteiger partial charge in [-0.25, -0.2) is 15.4 Å². The van der Waals surface area contributed by atoms with E-state index in [9.17, 15) is 9.59 Å². The molecule has 1 atom stereocenters. The fourth-order valence-corrected chi connectivity index (χ4v) is 3.69. The molecule has 1 fully saturated rings. The SMILES string of the molecule is CCCC(=O)N1CCN(c2cc(Cl)nc(SCC(=O)NOCC)n2)C[C@@H]1C. The van der Waals surface area contributed by atoms with Crippen molar-refractivity contribution in [3.63, 3.8) is 0 Å². The van der Waals surface area contributed by atoms with Crippen molar-refractivity contribution in [1.82, 2.24) is 20.3 Å². The smallest absolute Gasteiger partial charge is 0.254 e. The van der Waals surface area contributed by atoms with Crippen LogP contribution in [0.4, 0.5) is 5.82 Å². The van der Waals surface area contributed by atoms with Gasteiger partial charge in [0, 0.05) is 38.2 Å². The average molecular weight is 416 g/mol. The Morgan fingerprint density at radius 3 is 2.81 bits per heavy atom. The minimum Gasteiger partial charge on any atom is -0.353 e. The lowest BCUT2D eigenvalue weighted by molar-refractivity contribution is -0.133. The number of anilines is 1. The summed E-state index contributed by atoms with van der Waals surface area (Å²) in [5.74, 6) is 0.776. The first-order valence-electron chi connectivity index (χ1n) is 9.07. The Labute approximate surface area is 168 Å². The number of aromatic nitrogens is 2. The van der Waals surface area contributed by atoms with E-state index in [4.69, 9.17) is 16.4 Å². The molecule has 10 heteroatoms. The first kappa shape index (κ1) is 21.7. The van der Waals surface area contributed by atoms with Gasteiger partial charge in [0.15, 0.2) is 5.16 Å². The fourth-order valence-electron chi connectivity index (χ4n) is 2.82. The maximum absolute atomic E-state index is 12.2. The molecule has 150 valence electrons. The number of hydrogen-bond acceptors (Lipinski definition) is 7. The minimum absolute atomic E-state index is 0.0969. The van der Waals surface area contributed by atoms with E-state index in [1.807, 2.05) is 18.7 Å². The Bertz CT molecular complexity index is 663. The summed E-state index contributed by atoms with van der Waals surface area (Å²) >= 11 is 7.34. The molecule has 0 saturated carbocycles. The van der Waals surface area contributed by atoms with Crippen molar-refractivity contribution in [2.75, 3.05) is 36.9 Å². The lowest BCUT2D eigenvalue weighted by atomic mass is 10.1. The van der Waals surface area contributed by atoms with Crippen LogP contribution < -0.4 is 10.4 Å². The molecular formula is C17H26ClN5O3S. The van der Waals surface area contributed by atoms with Gasteiger partial charge >= 0.3 is 0 Å². The van der Waals surface area contributed by atoms with Gasteiger partial charge in [-0.05, 0) is 20.3 Å². The van der Waals surface area contributed by atoms with Gasteiger partial charge in [-0.15, -0.1) is 0 Å². The van der Waals surface area contributed by atoms with E-state index in [1.54, 1.807) is 13.0 Å². The van der Waals surface area contributed by atoms with Crippen LogP contribution in [0.25, 0.3) is 0 Å². The second-order valence-corrected chi connectivity index (χ2v) is 7.54. The van der Waals surface area contributed by atoms with Crippen LogP contribution in [-0.4, -0.2) is 64.7 Å². The molecular weight excluding hydrogens is 390 g/mol. The van der Waals surface area contributed by atoms with Crippen LogP contribution in [0.2, 0.25) is 5.15 Å². The number of hydrogen-bond donors (Lipinski definition) is 1. The second kappa shape index (κ2) is 10.7. The molecule has 1 saturated heterocycles. The quantitative estimate of drug-likeness (QED) is 0.301. The predicted molar refractivity (Wildman–Crippen MR) is 106 cm³/mol. The van der Waals surface area contributed by atoms with Gasteiger partial charge in [0.2, 0.25) is 5.91 Å². The maximum Gasteiger partial charge on any atom is 0.254 e. The molecule has 0 radical (unpaired) electrons. The number of carbonyl (C=O) groups excluding carboxylic acids is 2. The Hall–Kier alpha value is -1.58. The van der Waals surface area contributed by atoms with Crippen LogP contribution >= 0.6 is 23.4 Å². The van der Waals surface area contributed by atoms with Gasteiger partial charge in [-0.2, -0.15) is 0 Å². The van der Waals surface area contributed by atoms with E-state index in [1.165, 1.54) is 11.8 Å². The number of amides is 2. The molecule has 1 aromatic rings. The summed E-state index contributed by atoms with van der Waals surface area (Å²) in [6, 6.07) is 1.81. The van der Waals surface area contributed by atoms with Gasteiger partial charge in [-0.1, -0.05) is 30.3 Å². The van der Waals surface area contributed by atoms with Crippen molar-refractivity contribution in [2.45, 2.75) is 44.8 Å². The second-order valence-electron chi connectivity index (χ2n) is 6.21. The highest BCUT2D eigenvalue weighted by atomic mass is 35.5. The lowest BCUT2D eigenvalue weighted by Gasteiger charge is -2.40. The zero-order valence-electron chi connectivity index (χ0n) is 15.9. The van der Waals surface area contributed by atoms with Crippen molar-refractivity contribution in [1.29, 1.82) is 0 Å². The normalized spacial score (nSPS) is 17.1. The highest BCUT2D eigenvalue weighted by Crippen LogP contribution is 2.24. The van der Waals surface area contributed by atoms with Gasteiger partial charge in [0.25, 0.3) is 5.91 Å². The van der Waals surface area contributed by atoms with E-state index in [0.717, 1.165) is 6.42 Å². The zero-order chi connectivity index (χ0) is 19.8. The van der Waals surface area contributed by atoms with Gasteiger partial charge < -0.3 is 9.80 Å². The monoisotopic (exact) mass is 415 g/mol. The number of hydroxylamine groups is 1. The minimum atomic E-state index is -0.261. The number of rotatable bonds is 8. The van der Waals surface area contributed by atoms with E-state index in [0.29, 0.717) is 48.8 Å². The molecule has 27 heavy (non-hydrogen) atoms. The third-order valence-corrected chi connectivity index (χ3v) is 5.10. The fraction of sp³-hybridized carbons (Fsp3) is 0.647. The Morgan fingerprint density at radius 1 is 1.37 bits per heavy atom. The first-order chi connectivity index (χ1) is 12.9. The molecule has 1 N–H and O–H groups in total. The summed E-state index contributed by atoms with van der Waals surface area (Å²) in [6.07, 6.45) is 1.43. The van der Waals surface area contributed by atoms with Crippen molar-refractivity contribution in [2.24, 2.45) is 0 Å². The number of thioether (sulfide) groups is 1. The number of carbonyl (C=O) groups is 2. The molecule has 1 aliphatic rings. The Kier molecular flexibility index (Phi) is 8.59. The summed E-state index contributed by atoms with van der Waals surface area (Å²) in [6.45, 7) is 8.25. The molecule has 8 nitrogen and oxygen atoms in total. The number of halogens is 1. The van der Waals surface area contributed by atoms with E-state index in [-0.39, 0.29) is 23.6 Å².